The molecule has 96 valence electrons. The molecule has 1 aromatic heterocycles. The number of hydrogen-bond donors (Lipinski definition) is 1. The first-order chi connectivity index (χ1) is 9.33. The molecule has 2 aromatic rings. The number of ether oxygens (including phenoxy) is 1. The molecule has 2 heterocycles. The number of benzene rings is 1. The Bertz CT molecular complexity index is 596. The predicted octanol–water partition coefficient (Wildman–Crippen LogP) is 1.95. The summed E-state index contributed by atoms with van der Waals surface area (Å²) in [6.07, 6.45) is 2.55. The van der Waals surface area contributed by atoms with Crippen LogP contribution in [0.1, 0.15) is 21.6 Å². The number of pyridine rings is 1. The second-order valence-corrected chi connectivity index (χ2v) is 4.44. The summed E-state index contributed by atoms with van der Waals surface area (Å²) in [7, 11) is 0. The van der Waals surface area contributed by atoms with Gasteiger partial charge in [-0.05, 0) is 29.3 Å². The first kappa shape index (κ1) is 11.7. The average Bonchev–Trinajstić information content (AvgIpc) is 2.93. The van der Waals surface area contributed by atoms with Crippen molar-refractivity contribution in [3.8, 4) is 5.75 Å². The molecule has 0 atom stereocenters. The summed E-state index contributed by atoms with van der Waals surface area (Å²) < 4.78 is 5.45. The average molecular weight is 254 g/mol. The maximum absolute atomic E-state index is 11.9. The van der Waals surface area contributed by atoms with Crippen molar-refractivity contribution < 1.29 is 9.53 Å². The first-order valence-corrected chi connectivity index (χ1v) is 6.27. The maximum atomic E-state index is 11.9. The smallest absolute Gasteiger partial charge is 0.270 e. The van der Waals surface area contributed by atoms with E-state index in [2.05, 4.69) is 16.4 Å². The van der Waals surface area contributed by atoms with Gasteiger partial charge in [0.15, 0.2) is 0 Å². The molecular formula is C15H14N2O2. The van der Waals surface area contributed by atoms with E-state index < -0.39 is 0 Å². The van der Waals surface area contributed by atoms with E-state index in [0.29, 0.717) is 12.2 Å². The van der Waals surface area contributed by atoms with Gasteiger partial charge in [0, 0.05) is 19.2 Å². The van der Waals surface area contributed by atoms with E-state index >= 15 is 0 Å². The topological polar surface area (TPSA) is 51.2 Å². The minimum atomic E-state index is -0.155. The highest BCUT2D eigenvalue weighted by molar-refractivity contribution is 5.92. The molecule has 1 aliphatic rings. The highest BCUT2D eigenvalue weighted by Gasteiger charge is 2.12. The fourth-order valence-corrected chi connectivity index (χ4v) is 2.12. The third kappa shape index (κ3) is 2.57. The van der Waals surface area contributed by atoms with E-state index in [-0.39, 0.29) is 5.91 Å². The van der Waals surface area contributed by atoms with Crippen molar-refractivity contribution in [2.75, 3.05) is 6.61 Å². The van der Waals surface area contributed by atoms with Gasteiger partial charge in [-0.15, -0.1) is 0 Å². The summed E-state index contributed by atoms with van der Waals surface area (Å²) in [6.45, 7) is 1.25. The van der Waals surface area contributed by atoms with E-state index in [9.17, 15) is 4.79 Å². The number of nitrogens with zero attached hydrogens (tertiary/aromatic N) is 1. The molecule has 1 aromatic carbocycles. The molecule has 0 unspecified atom stereocenters. The Labute approximate surface area is 111 Å². The molecule has 0 aliphatic carbocycles. The lowest BCUT2D eigenvalue weighted by atomic mass is 10.1. The Morgan fingerprint density at radius 2 is 2.26 bits per heavy atom. The minimum Gasteiger partial charge on any atom is -0.493 e. The van der Waals surface area contributed by atoms with Crippen molar-refractivity contribution in [1.29, 1.82) is 0 Å². The van der Waals surface area contributed by atoms with Crippen molar-refractivity contribution >= 4 is 5.91 Å². The molecule has 4 heteroatoms. The zero-order valence-electron chi connectivity index (χ0n) is 10.4. The molecular weight excluding hydrogens is 240 g/mol. The minimum absolute atomic E-state index is 0.155. The fraction of sp³-hybridized carbons (Fsp3) is 0.200. The zero-order chi connectivity index (χ0) is 13.1. The van der Waals surface area contributed by atoms with Crippen LogP contribution in [-0.2, 0) is 13.0 Å². The lowest BCUT2D eigenvalue weighted by Crippen LogP contribution is -2.23. The van der Waals surface area contributed by atoms with Crippen molar-refractivity contribution in [3.05, 3.63) is 59.4 Å². The lowest BCUT2D eigenvalue weighted by Gasteiger charge is -2.06. The van der Waals surface area contributed by atoms with Gasteiger partial charge in [-0.2, -0.15) is 0 Å². The molecule has 0 radical (unpaired) electrons. The van der Waals surface area contributed by atoms with Crippen LogP contribution in [0.15, 0.2) is 42.6 Å². The Kier molecular flexibility index (Phi) is 3.14. The number of carbonyl (C=O) groups excluding carboxylic acids is 1. The highest BCUT2D eigenvalue weighted by atomic mass is 16.5. The van der Waals surface area contributed by atoms with Crippen molar-refractivity contribution in [1.82, 2.24) is 10.3 Å². The summed E-state index contributed by atoms with van der Waals surface area (Å²) in [5, 5.41) is 2.86. The summed E-state index contributed by atoms with van der Waals surface area (Å²) >= 11 is 0. The fourth-order valence-electron chi connectivity index (χ4n) is 2.12. The number of aromatic nitrogens is 1. The molecule has 19 heavy (non-hydrogen) atoms. The molecule has 0 bridgehead atoms. The number of amides is 1. The number of hydrogen-bond acceptors (Lipinski definition) is 3. The lowest BCUT2D eigenvalue weighted by molar-refractivity contribution is 0.0946. The van der Waals surface area contributed by atoms with Gasteiger partial charge in [0.2, 0.25) is 0 Å². The van der Waals surface area contributed by atoms with Crippen molar-refractivity contribution in [2.24, 2.45) is 0 Å². The van der Waals surface area contributed by atoms with Gasteiger partial charge >= 0.3 is 0 Å². The van der Waals surface area contributed by atoms with Gasteiger partial charge < -0.3 is 10.1 Å². The summed E-state index contributed by atoms with van der Waals surface area (Å²) in [5.41, 5.74) is 2.73. The second kappa shape index (κ2) is 5.10. The van der Waals surface area contributed by atoms with Gasteiger partial charge in [-0.1, -0.05) is 18.2 Å². The molecule has 1 aliphatic heterocycles. The first-order valence-electron chi connectivity index (χ1n) is 6.27. The van der Waals surface area contributed by atoms with E-state index in [0.717, 1.165) is 24.3 Å². The van der Waals surface area contributed by atoms with Crippen LogP contribution < -0.4 is 10.1 Å². The number of rotatable bonds is 3. The monoisotopic (exact) mass is 254 g/mol. The van der Waals surface area contributed by atoms with Gasteiger partial charge in [0.05, 0.1) is 6.61 Å². The Morgan fingerprint density at radius 1 is 1.32 bits per heavy atom. The van der Waals surface area contributed by atoms with E-state index in [1.54, 1.807) is 24.4 Å². The number of nitrogens with one attached hydrogen (secondary N) is 1. The SMILES string of the molecule is O=C(NCc1ccc2c(c1)CCO2)c1ccccn1. The van der Waals surface area contributed by atoms with E-state index in [1.807, 2.05) is 12.1 Å². The van der Waals surface area contributed by atoms with Crippen molar-refractivity contribution in [3.63, 3.8) is 0 Å². The largest absolute Gasteiger partial charge is 0.493 e. The van der Waals surface area contributed by atoms with Crippen LogP contribution in [0.5, 0.6) is 5.75 Å². The number of fused-ring (bicyclic) bond motifs is 1. The van der Waals surface area contributed by atoms with Crippen LogP contribution in [-0.4, -0.2) is 17.5 Å². The molecule has 0 fully saturated rings. The molecule has 3 rings (SSSR count). The van der Waals surface area contributed by atoms with Gasteiger partial charge in [0.25, 0.3) is 5.91 Å². The van der Waals surface area contributed by atoms with Crippen LogP contribution in [0.4, 0.5) is 0 Å². The third-order valence-corrected chi connectivity index (χ3v) is 3.10. The Balaban J connectivity index is 1.65. The molecule has 0 saturated heterocycles. The quantitative estimate of drug-likeness (QED) is 0.910. The van der Waals surface area contributed by atoms with Crippen LogP contribution >= 0.6 is 0 Å². The van der Waals surface area contributed by atoms with E-state index in [4.69, 9.17) is 4.74 Å². The van der Waals surface area contributed by atoms with Crippen LogP contribution in [0.2, 0.25) is 0 Å². The van der Waals surface area contributed by atoms with E-state index in [1.165, 1.54) is 5.56 Å². The predicted molar refractivity (Wildman–Crippen MR) is 71.0 cm³/mol. The van der Waals surface area contributed by atoms with Crippen LogP contribution in [0.25, 0.3) is 0 Å². The molecule has 1 N–H and O–H groups in total. The maximum Gasteiger partial charge on any atom is 0.270 e. The normalized spacial score (nSPS) is 12.6. The molecule has 4 nitrogen and oxygen atoms in total. The Hall–Kier alpha value is -2.36. The molecule has 0 saturated carbocycles. The standard InChI is InChI=1S/C15H14N2O2/c18-15(13-3-1-2-7-16-13)17-10-11-4-5-14-12(9-11)6-8-19-14/h1-5,7,9H,6,8,10H2,(H,17,18). The van der Waals surface area contributed by atoms with Crippen LogP contribution in [0, 0.1) is 0 Å². The third-order valence-electron chi connectivity index (χ3n) is 3.10. The Morgan fingerprint density at radius 3 is 3.11 bits per heavy atom. The summed E-state index contributed by atoms with van der Waals surface area (Å²) in [4.78, 5) is 15.9. The highest BCUT2D eigenvalue weighted by Crippen LogP contribution is 2.25. The van der Waals surface area contributed by atoms with Gasteiger partial charge in [-0.3, -0.25) is 9.78 Å². The van der Waals surface area contributed by atoms with Crippen molar-refractivity contribution in [2.45, 2.75) is 13.0 Å². The van der Waals surface area contributed by atoms with Gasteiger partial charge in [0.1, 0.15) is 11.4 Å². The molecule has 1 amide bonds. The van der Waals surface area contributed by atoms with Gasteiger partial charge in [-0.25, -0.2) is 0 Å². The summed E-state index contributed by atoms with van der Waals surface area (Å²) in [5.74, 6) is 0.803. The molecule has 0 spiro atoms. The van der Waals surface area contributed by atoms with Crippen LogP contribution in [0.3, 0.4) is 0 Å². The second-order valence-electron chi connectivity index (χ2n) is 4.44. The summed E-state index contributed by atoms with van der Waals surface area (Å²) in [6, 6.07) is 11.3. The number of carbonyl (C=O) groups is 1. The zero-order valence-corrected chi connectivity index (χ0v) is 10.4.